The molecular formula is C29H39N3O9S. The van der Waals surface area contributed by atoms with Gasteiger partial charge in [0.1, 0.15) is 23.9 Å². The molecule has 1 aliphatic heterocycles. The maximum Gasteiger partial charge on any atom is 0.413 e. The van der Waals surface area contributed by atoms with Gasteiger partial charge < -0.3 is 24.8 Å². The average molecular weight is 606 g/mol. The van der Waals surface area contributed by atoms with Crippen LogP contribution in [0.2, 0.25) is 0 Å². The van der Waals surface area contributed by atoms with E-state index in [-0.39, 0.29) is 35.8 Å². The molecule has 2 aliphatic rings. The van der Waals surface area contributed by atoms with Crippen LogP contribution >= 0.6 is 0 Å². The van der Waals surface area contributed by atoms with Crippen molar-refractivity contribution in [3.05, 3.63) is 53.8 Å². The molecule has 0 aromatic heterocycles. The van der Waals surface area contributed by atoms with Gasteiger partial charge in [0.05, 0.1) is 23.5 Å². The lowest BCUT2D eigenvalue weighted by Gasteiger charge is -2.36. The van der Waals surface area contributed by atoms with Gasteiger partial charge >= 0.3 is 18.0 Å². The number of ketones is 1. The lowest BCUT2D eigenvalue weighted by Crippen LogP contribution is -2.51. The third kappa shape index (κ3) is 8.97. The summed E-state index contributed by atoms with van der Waals surface area (Å²) in [7, 11) is -2.99. The number of rotatable bonds is 11. The number of alkyl carbamates (subject to hydrolysis) is 1. The number of aryl methyl sites for hydroxylation is 1. The summed E-state index contributed by atoms with van der Waals surface area (Å²) in [6.45, 7) is 7.08. The number of methoxy groups -OCH3 is 1. The van der Waals surface area contributed by atoms with E-state index in [2.05, 4.69) is 20.1 Å². The van der Waals surface area contributed by atoms with Crippen molar-refractivity contribution in [3.8, 4) is 0 Å². The number of sulfonamides is 1. The third-order valence-electron chi connectivity index (χ3n) is 6.81. The molecule has 1 heterocycles. The van der Waals surface area contributed by atoms with Crippen LogP contribution in [0.3, 0.4) is 0 Å². The molecule has 0 radical (unpaired) electrons. The second-order valence-corrected chi connectivity index (χ2v) is 13.1. The lowest BCUT2D eigenvalue weighted by atomic mass is 9.70. The number of Topliss-reactive ketones (excluding diaryl/α,β-unsaturated/α-hetero) is 1. The number of benzene rings is 1. The quantitative estimate of drug-likeness (QED) is 0.252. The van der Waals surface area contributed by atoms with E-state index in [1.807, 2.05) is 6.92 Å². The first-order valence-corrected chi connectivity index (χ1v) is 15.1. The smallest absolute Gasteiger partial charge is 0.413 e. The molecule has 0 saturated carbocycles. The van der Waals surface area contributed by atoms with Crippen LogP contribution in [-0.2, 0) is 38.6 Å². The monoisotopic (exact) mass is 605 g/mol. The summed E-state index contributed by atoms with van der Waals surface area (Å²) < 4.78 is 44.5. The minimum absolute atomic E-state index is 0.0195. The number of carbonyl (C=O) groups excluding carboxylic acids is 4. The number of hydrogen-bond donors (Lipinski definition) is 3. The Labute approximate surface area is 246 Å². The molecule has 42 heavy (non-hydrogen) atoms. The van der Waals surface area contributed by atoms with Gasteiger partial charge in [-0.15, -0.1) is 0 Å². The fraction of sp³-hybridized carbons (Fsp3) is 0.517. The molecular weight excluding hydrogens is 566 g/mol. The summed E-state index contributed by atoms with van der Waals surface area (Å²) in [5.74, 6) is -1.58. The fourth-order valence-electron chi connectivity index (χ4n) is 4.67. The van der Waals surface area contributed by atoms with E-state index in [0.717, 1.165) is 12.0 Å². The minimum Gasteiger partial charge on any atom is -0.468 e. The van der Waals surface area contributed by atoms with Gasteiger partial charge in [-0.2, -0.15) is 4.72 Å². The van der Waals surface area contributed by atoms with Crippen LogP contribution in [0.5, 0.6) is 0 Å². The van der Waals surface area contributed by atoms with Gasteiger partial charge in [-0.05, 0) is 84.2 Å². The van der Waals surface area contributed by atoms with Crippen LogP contribution in [0.25, 0.3) is 0 Å². The molecule has 3 atom stereocenters. The molecule has 1 saturated heterocycles. The van der Waals surface area contributed by atoms with Crippen molar-refractivity contribution in [3.63, 3.8) is 0 Å². The zero-order valence-electron chi connectivity index (χ0n) is 24.5. The molecule has 3 rings (SSSR count). The summed E-state index contributed by atoms with van der Waals surface area (Å²) in [5, 5.41) is 5.43. The van der Waals surface area contributed by atoms with E-state index in [4.69, 9.17) is 9.47 Å². The van der Waals surface area contributed by atoms with Crippen molar-refractivity contribution < 1.29 is 41.8 Å². The molecule has 13 heteroatoms. The molecule has 0 spiro atoms. The number of allylic oxidation sites excluding steroid dienone is 3. The summed E-state index contributed by atoms with van der Waals surface area (Å²) in [6.07, 6.45) is 4.74. The van der Waals surface area contributed by atoms with Gasteiger partial charge in [0.25, 0.3) is 0 Å². The van der Waals surface area contributed by atoms with E-state index >= 15 is 0 Å². The van der Waals surface area contributed by atoms with Crippen molar-refractivity contribution in [2.45, 2.75) is 76.0 Å². The highest BCUT2D eigenvalue weighted by atomic mass is 32.2. The lowest BCUT2D eigenvalue weighted by molar-refractivity contribution is -0.158. The second-order valence-electron chi connectivity index (χ2n) is 11.4. The largest absolute Gasteiger partial charge is 0.468 e. The number of amides is 1. The molecule has 12 nitrogen and oxygen atoms in total. The van der Waals surface area contributed by atoms with Gasteiger partial charge in [0.2, 0.25) is 10.0 Å². The van der Waals surface area contributed by atoms with Crippen LogP contribution < -0.4 is 15.4 Å². The van der Waals surface area contributed by atoms with Gasteiger partial charge in [0, 0.05) is 0 Å². The second kappa shape index (κ2) is 13.6. The Morgan fingerprint density at radius 3 is 2.38 bits per heavy atom. The first-order valence-electron chi connectivity index (χ1n) is 13.7. The SMILES string of the molecule is COC(=O)CNC(=O)OC1=CCC(C[C@H](NS(=O)(=O)c2ccc(C)cc2)C(=O)OC(C)(C)C)(C(=O)[C@@H]2CCCN2)C=C1. The highest BCUT2D eigenvalue weighted by Crippen LogP contribution is 2.39. The van der Waals surface area contributed by atoms with E-state index in [9.17, 15) is 27.6 Å². The molecule has 1 amide bonds. The van der Waals surface area contributed by atoms with Crippen molar-refractivity contribution in [2.75, 3.05) is 20.2 Å². The first-order chi connectivity index (χ1) is 19.6. The molecule has 3 N–H and O–H groups in total. The maximum atomic E-state index is 13.9. The summed E-state index contributed by atoms with van der Waals surface area (Å²) in [5.41, 5.74) is -1.38. The number of hydrogen-bond acceptors (Lipinski definition) is 10. The minimum atomic E-state index is -4.17. The van der Waals surface area contributed by atoms with Crippen molar-refractivity contribution in [1.29, 1.82) is 0 Å². The fourth-order valence-corrected chi connectivity index (χ4v) is 5.85. The van der Waals surface area contributed by atoms with Crippen molar-refractivity contribution in [2.24, 2.45) is 5.41 Å². The number of carbonyl (C=O) groups is 4. The average Bonchev–Trinajstić information content (AvgIpc) is 3.46. The van der Waals surface area contributed by atoms with Gasteiger partial charge in [0.15, 0.2) is 5.78 Å². The Morgan fingerprint density at radius 1 is 1.14 bits per heavy atom. The predicted octanol–water partition coefficient (Wildman–Crippen LogP) is 2.42. The van der Waals surface area contributed by atoms with E-state index in [1.165, 1.54) is 37.5 Å². The van der Waals surface area contributed by atoms with Crippen molar-refractivity contribution >= 4 is 33.8 Å². The van der Waals surface area contributed by atoms with Crippen LogP contribution in [0.1, 0.15) is 52.0 Å². The Bertz CT molecular complexity index is 1340. The summed E-state index contributed by atoms with van der Waals surface area (Å²) >= 11 is 0. The van der Waals surface area contributed by atoms with Crippen LogP contribution in [0.15, 0.2) is 53.1 Å². The standard InChI is InChI=1S/C29H39N3O9S/c1-19-8-10-21(11-9-19)42(37,38)32-23(26(35)41-28(2,3)4)17-29(25(34)22-7-6-16-30-22)14-12-20(13-15-29)40-27(36)31-18-24(33)39-5/h8-14,22-23,30,32H,6-7,15-18H2,1-5H3,(H,31,36)/t22-,23-,29?/m0/s1. The molecule has 0 bridgehead atoms. The summed E-state index contributed by atoms with van der Waals surface area (Å²) in [6, 6.07) is 4.25. The predicted molar refractivity (Wildman–Crippen MR) is 153 cm³/mol. The van der Waals surface area contributed by atoms with Crippen LogP contribution in [0.4, 0.5) is 4.79 Å². The maximum absolute atomic E-state index is 13.9. The molecule has 1 aromatic rings. The molecule has 230 valence electrons. The number of ether oxygens (including phenoxy) is 3. The number of nitrogens with one attached hydrogen (secondary N) is 3. The Balaban J connectivity index is 1.91. The van der Waals surface area contributed by atoms with E-state index in [1.54, 1.807) is 32.9 Å². The van der Waals surface area contributed by atoms with Gasteiger partial charge in [-0.1, -0.05) is 23.8 Å². The van der Waals surface area contributed by atoms with Gasteiger partial charge in [-0.25, -0.2) is 13.2 Å². The normalized spacial score (nSPS) is 21.2. The highest BCUT2D eigenvalue weighted by molar-refractivity contribution is 7.89. The Morgan fingerprint density at radius 2 is 1.83 bits per heavy atom. The Hall–Kier alpha value is -3.55. The molecule has 1 aliphatic carbocycles. The zero-order valence-corrected chi connectivity index (χ0v) is 25.3. The summed E-state index contributed by atoms with van der Waals surface area (Å²) in [4.78, 5) is 50.7. The van der Waals surface area contributed by atoms with Crippen molar-refractivity contribution in [1.82, 2.24) is 15.4 Å². The van der Waals surface area contributed by atoms with Crippen LogP contribution in [0, 0.1) is 12.3 Å². The number of esters is 2. The molecule has 1 unspecified atom stereocenters. The highest BCUT2D eigenvalue weighted by Gasteiger charge is 2.46. The van der Waals surface area contributed by atoms with E-state index < -0.39 is 51.2 Å². The first kappa shape index (κ1) is 33.0. The Kier molecular flexibility index (Phi) is 10.7. The molecule has 1 aromatic carbocycles. The van der Waals surface area contributed by atoms with E-state index in [0.29, 0.717) is 13.0 Å². The topological polar surface area (TPSA) is 166 Å². The van der Waals surface area contributed by atoms with Crippen LogP contribution in [-0.4, -0.2) is 70.1 Å². The van der Waals surface area contributed by atoms with Gasteiger partial charge in [-0.3, -0.25) is 14.4 Å². The zero-order chi connectivity index (χ0) is 31.1. The third-order valence-corrected chi connectivity index (χ3v) is 8.29. The molecule has 1 fully saturated rings.